The molecule has 1 aromatic carbocycles. The SMILES string of the molecule is COc1cc(-c2ccc(S(=O)(=O)N[C@H]3CCOC[C@@H]3OC)cc2C)ccn1. The highest BCUT2D eigenvalue weighted by molar-refractivity contribution is 7.89. The Morgan fingerprint density at radius 2 is 2.04 bits per heavy atom. The minimum atomic E-state index is -3.66. The number of rotatable bonds is 6. The lowest BCUT2D eigenvalue weighted by Gasteiger charge is -2.30. The molecular weight excluding hydrogens is 368 g/mol. The number of hydrogen-bond acceptors (Lipinski definition) is 6. The van der Waals surface area contributed by atoms with Gasteiger partial charge >= 0.3 is 0 Å². The average Bonchev–Trinajstić information content (AvgIpc) is 2.68. The van der Waals surface area contributed by atoms with Gasteiger partial charge in [0.2, 0.25) is 15.9 Å². The molecule has 0 bridgehead atoms. The minimum Gasteiger partial charge on any atom is -0.481 e. The van der Waals surface area contributed by atoms with Crippen molar-refractivity contribution in [1.82, 2.24) is 9.71 Å². The third-order valence-corrected chi connectivity index (χ3v) is 6.16. The summed E-state index contributed by atoms with van der Waals surface area (Å²) in [5, 5.41) is 0. The lowest BCUT2D eigenvalue weighted by Crippen LogP contribution is -2.49. The van der Waals surface area contributed by atoms with E-state index in [1.54, 1.807) is 38.6 Å². The largest absolute Gasteiger partial charge is 0.481 e. The van der Waals surface area contributed by atoms with Gasteiger partial charge in [0.25, 0.3) is 0 Å². The summed E-state index contributed by atoms with van der Waals surface area (Å²) in [5.74, 6) is 0.510. The molecule has 146 valence electrons. The number of hydrogen-bond donors (Lipinski definition) is 1. The Morgan fingerprint density at radius 1 is 1.22 bits per heavy atom. The molecule has 1 saturated heterocycles. The first-order valence-corrected chi connectivity index (χ1v) is 10.2. The number of pyridine rings is 1. The first kappa shape index (κ1) is 19.8. The van der Waals surface area contributed by atoms with E-state index in [-0.39, 0.29) is 17.0 Å². The van der Waals surface area contributed by atoms with Gasteiger partial charge < -0.3 is 14.2 Å². The Bertz CT molecular complexity index is 901. The second-order valence-electron chi connectivity index (χ2n) is 6.43. The van der Waals surface area contributed by atoms with E-state index in [4.69, 9.17) is 14.2 Å². The van der Waals surface area contributed by atoms with E-state index >= 15 is 0 Å². The molecular formula is C19H24N2O5S. The molecule has 27 heavy (non-hydrogen) atoms. The fourth-order valence-electron chi connectivity index (χ4n) is 3.16. The average molecular weight is 392 g/mol. The quantitative estimate of drug-likeness (QED) is 0.811. The van der Waals surface area contributed by atoms with E-state index in [9.17, 15) is 8.42 Å². The maximum Gasteiger partial charge on any atom is 0.240 e. The van der Waals surface area contributed by atoms with Gasteiger partial charge in [-0.1, -0.05) is 6.07 Å². The third kappa shape index (κ3) is 4.47. The smallest absolute Gasteiger partial charge is 0.240 e. The maximum atomic E-state index is 12.8. The number of benzene rings is 1. The van der Waals surface area contributed by atoms with Crippen LogP contribution in [0.5, 0.6) is 5.88 Å². The Morgan fingerprint density at radius 3 is 2.74 bits per heavy atom. The van der Waals surface area contributed by atoms with Crippen molar-refractivity contribution in [3.05, 3.63) is 42.1 Å². The predicted octanol–water partition coefficient (Wildman–Crippen LogP) is 2.15. The molecule has 0 saturated carbocycles. The van der Waals surface area contributed by atoms with Crippen molar-refractivity contribution in [3.8, 4) is 17.0 Å². The standard InChI is InChI=1S/C19H24N2O5S/c1-13-10-15(4-5-16(13)14-6-8-20-19(11-14)25-3)27(22,23)21-17-7-9-26-12-18(17)24-2/h4-6,8,10-11,17-18,21H,7,9,12H2,1-3H3/t17-,18-/m0/s1. The molecule has 1 aromatic heterocycles. The van der Waals surface area contributed by atoms with Crippen LogP contribution in [0, 0.1) is 6.92 Å². The van der Waals surface area contributed by atoms with Gasteiger partial charge in [0, 0.05) is 26.0 Å². The number of nitrogens with one attached hydrogen (secondary N) is 1. The molecule has 0 spiro atoms. The summed E-state index contributed by atoms with van der Waals surface area (Å²) in [7, 11) is -0.542. The fourth-order valence-corrected chi connectivity index (χ4v) is 4.55. The number of aryl methyl sites for hydroxylation is 1. The molecule has 0 radical (unpaired) electrons. The second kappa shape index (κ2) is 8.35. The van der Waals surface area contributed by atoms with E-state index in [1.807, 2.05) is 19.1 Å². The number of methoxy groups -OCH3 is 2. The molecule has 0 unspecified atom stereocenters. The molecule has 1 aliphatic heterocycles. The van der Waals surface area contributed by atoms with Gasteiger partial charge in [-0.3, -0.25) is 0 Å². The van der Waals surface area contributed by atoms with Crippen LogP contribution in [-0.4, -0.2) is 53.0 Å². The lowest BCUT2D eigenvalue weighted by molar-refractivity contribution is -0.0448. The van der Waals surface area contributed by atoms with E-state index in [0.29, 0.717) is 25.5 Å². The summed E-state index contributed by atoms with van der Waals surface area (Å²) in [6.07, 6.45) is 1.94. The van der Waals surface area contributed by atoms with E-state index in [1.165, 1.54) is 0 Å². The molecule has 3 rings (SSSR count). The van der Waals surface area contributed by atoms with Gasteiger partial charge in [0.05, 0.1) is 30.8 Å². The number of sulfonamides is 1. The first-order chi connectivity index (χ1) is 12.9. The summed E-state index contributed by atoms with van der Waals surface area (Å²) in [4.78, 5) is 4.33. The molecule has 0 aliphatic carbocycles. The molecule has 2 heterocycles. The van der Waals surface area contributed by atoms with Gasteiger partial charge in [-0.05, 0) is 48.2 Å². The Labute approximate surface area is 159 Å². The minimum absolute atomic E-state index is 0.228. The van der Waals surface area contributed by atoms with Crippen LogP contribution in [0.25, 0.3) is 11.1 Å². The Hall–Kier alpha value is -2.00. The molecule has 0 amide bonds. The summed E-state index contributed by atoms with van der Waals surface area (Å²) >= 11 is 0. The van der Waals surface area contributed by atoms with Crippen molar-refractivity contribution < 1.29 is 22.6 Å². The number of aromatic nitrogens is 1. The van der Waals surface area contributed by atoms with Crippen LogP contribution in [0.1, 0.15) is 12.0 Å². The van der Waals surface area contributed by atoms with Crippen molar-refractivity contribution >= 4 is 10.0 Å². The maximum absolute atomic E-state index is 12.8. The van der Waals surface area contributed by atoms with Crippen molar-refractivity contribution in [2.24, 2.45) is 0 Å². The Balaban J connectivity index is 1.85. The molecule has 2 atom stereocenters. The van der Waals surface area contributed by atoms with Crippen LogP contribution in [-0.2, 0) is 19.5 Å². The van der Waals surface area contributed by atoms with Crippen LogP contribution < -0.4 is 9.46 Å². The van der Waals surface area contributed by atoms with Crippen LogP contribution >= 0.6 is 0 Å². The molecule has 1 aliphatic rings. The van der Waals surface area contributed by atoms with Crippen molar-refractivity contribution in [1.29, 1.82) is 0 Å². The second-order valence-corrected chi connectivity index (χ2v) is 8.14. The Kier molecular flexibility index (Phi) is 6.11. The molecule has 7 nitrogen and oxygen atoms in total. The van der Waals surface area contributed by atoms with Gasteiger partial charge in [-0.25, -0.2) is 18.1 Å². The lowest BCUT2D eigenvalue weighted by atomic mass is 10.0. The normalized spacial score (nSPS) is 20.4. The zero-order valence-corrected chi connectivity index (χ0v) is 16.5. The third-order valence-electron chi connectivity index (χ3n) is 4.68. The number of ether oxygens (including phenoxy) is 3. The van der Waals surface area contributed by atoms with Crippen LogP contribution in [0.3, 0.4) is 0 Å². The topological polar surface area (TPSA) is 86.8 Å². The molecule has 2 aromatic rings. The van der Waals surface area contributed by atoms with Gasteiger partial charge in [0.1, 0.15) is 0 Å². The number of nitrogens with zero attached hydrogens (tertiary/aromatic N) is 1. The summed E-state index contributed by atoms with van der Waals surface area (Å²) < 4.78 is 44.3. The van der Waals surface area contributed by atoms with E-state index < -0.39 is 10.0 Å². The van der Waals surface area contributed by atoms with Gasteiger partial charge in [-0.15, -0.1) is 0 Å². The highest BCUT2D eigenvalue weighted by Gasteiger charge is 2.30. The van der Waals surface area contributed by atoms with Crippen LogP contribution in [0.15, 0.2) is 41.4 Å². The summed E-state index contributed by atoms with van der Waals surface area (Å²) in [5.41, 5.74) is 2.69. The summed E-state index contributed by atoms with van der Waals surface area (Å²) in [6, 6.07) is 8.46. The molecule has 8 heteroatoms. The monoisotopic (exact) mass is 392 g/mol. The molecule has 1 fully saturated rings. The van der Waals surface area contributed by atoms with Crippen molar-refractivity contribution in [2.75, 3.05) is 27.4 Å². The fraction of sp³-hybridized carbons (Fsp3) is 0.421. The molecule has 1 N–H and O–H groups in total. The van der Waals surface area contributed by atoms with Crippen LogP contribution in [0.4, 0.5) is 0 Å². The van der Waals surface area contributed by atoms with E-state index in [2.05, 4.69) is 9.71 Å². The van der Waals surface area contributed by atoms with Gasteiger partial charge in [-0.2, -0.15) is 0 Å². The highest BCUT2D eigenvalue weighted by atomic mass is 32.2. The van der Waals surface area contributed by atoms with Crippen molar-refractivity contribution in [3.63, 3.8) is 0 Å². The zero-order valence-electron chi connectivity index (χ0n) is 15.6. The summed E-state index contributed by atoms with van der Waals surface area (Å²) in [6.45, 7) is 2.77. The van der Waals surface area contributed by atoms with Gasteiger partial charge in [0.15, 0.2) is 0 Å². The highest BCUT2D eigenvalue weighted by Crippen LogP contribution is 2.27. The first-order valence-electron chi connectivity index (χ1n) is 8.68. The predicted molar refractivity (Wildman–Crippen MR) is 101 cm³/mol. The van der Waals surface area contributed by atoms with E-state index in [0.717, 1.165) is 16.7 Å². The zero-order chi connectivity index (χ0) is 19.4. The van der Waals surface area contributed by atoms with Crippen molar-refractivity contribution in [2.45, 2.75) is 30.4 Å². The van der Waals surface area contributed by atoms with Crippen LogP contribution in [0.2, 0.25) is 0 Å².